The largest absolute Gasteiger partial charge is 0.862 e. The van der Waals surface area contributed by atoms with Crippen LogP contribution in [0.25, 0.3) is 0 Å². The van der Waals surface area contributed by atoms with Crippen LogP contribution in [-0.4, -0.2) is 237 Å². The number of amides is 6. The van der Waals surface area contributed by atoms with Crippen molar-refractivity contribution >= 4 is 85.7 Å². The van der Waals surface area contributed by atoms with Crippen molar-refractivity contribution in [2.45, 2.75) is 289 Å². The van der Waals surface area contributed by atoms with E-state index >= 15 is 0 Å². The molecule has 0 aliphatic heterocycles. The highest BCUT2D eigenvalue weighted by molar-refractivity contribution is 7.80. The van der Waals surface area contributed by atoms with Gasteiger partial charge >= 0.3 is 31.7 Å². The molecular weight excluding hydrogens is 1460 g/mol. The highest BCUT2D eigenvalue weighted by Gasteiger charge is 2.40. The molecule has 7 N–H and O–H groups in total. The molecule has 0 aromatic carbocycles. The average molecular weight is 1600 g/mol. The Kier molecular flexibility index (Phi) is 60.6. The second kappa shape index (κ2) is 63.9. The average Bonchev–Trinajstić information content (AvgIpc) is 0.831. The monoisotopic (exact) mass is 1600 g/mol. The number of ether oxygens (including phenoxy) is 10. The van der Waals surface area contributed by atoms with Gasteiger partial charge in [-0.25, -0.2) is 4.57 Å². The molecule has 634 valence electrons. The third-order valence-electron chi connectivity index (χ3n) is 16.9. The molecule has 0 aliphatic carbocycles. The van der Waals surface area contributed by atoms with E-state index in [0.717, 1.165) is 51.4 Å². The zero-order valence-electron chi connectivity index (χ0n) is 67.4. The van der Waals surface area contributed by atoms with Crippen LogP contribution in [0, 0.1) is 0 Å². The van der Waals surface area contributed by atoms with E-state index in [0.29, 0.717) is 39.3 Å². The van der Waals surface area contributed by atoms with Crippen molar-refractivity contribution < 1.29 is 119 Å². The lowest BCUT2D eigenvalue weighted by Gasteiger charge is -2.32. The van der Waals surface area contributed by atoms with Gasteiger partial charge in [0.1, 0.15) is 54.6 Å². The van der Waals surface area contributed by atoms with Crippen LogP contribution in [0.1, 0.15) is 249 Å². The summed E-state index contributed by atoms with van der Waals surface area (Å²) in [5.41, 5.74) is -5.50. The van der Waals surface area contributed by atoms with Gasteiger partial charge in [0.2, 0.25) is 35.4 Å². The number of nitrogens with one attached hydrogen (secondary N) is 6. The van der Waals surface area contributed by atoms with E-state index in [4.69, 9.17) is 56.4 Å². The molecule has 0 rings (SSSR count). The molecule has 5 atom stereocenters. The summed E-state index contributed by atoms with van der Waals surface area (Å²) >= 11 is 4.05. The Bertz CT molecular complexity index is 2630. The number of hydrogen-bond acceptors (Lipinski definition) is 26. The maximum absolute atomic E-state index is 14.3. The minimum atomic E-state index is -4.88. The lowest BCUT2D eigenvalue weighted by molar-refractivity contribution is -0.219. The summed E-state index contributed by atoms with van der Waals surface area (Å²) in [6, 6.07) is -4.47. The number of aliphatic imine (C=N–C) groups is 1. The number of carbonyl (C=O) groups excluding carboxylic acids is 10. The van der Waals surface area contributed by atoms with E-state index in [-0.39, 0.29) is 90.8 Å². The second-order valence-corrected chi connectivity index (χ2v) is 30.1. The van der Waals surface area contributed by atoms with Crippen LogP contribution in [0.2, 0.25) is 0 Å². The molecule has 0 aliphatic rings. The summed E-state index contributed by atoms with van der Waals surface area (Å²) in [6.07, 6.45) is 21.2. The quantitative estimate of drug-likeness (QED) is 0.00566. The van der Waals surface area contributed by atoms with Crippen LogP contribution in [0.3, 0.4) is 0 Å². The summed E-state index contributed by atoms with van der Waals surface area (Å²) in [6.45, 7) is 13.6. The van der Waals surface area contributed by atoms with Crippen LogP contribution in [0.15, 0.2) is 4.99 Å². The first-order valence-corrected chi connectivity index (χ1v) is 41.3. The fraction of sp³-hybridized carbons (Fsp3) is 0.853. The predicted molar refractivity (Wildman–Crippen MR) is 411 cm³/mol. The smallest absolute Gasteiger partial charge is 0.472 e. The molecule has 0 spiro atoms. The molecule has 0 aromatic heterocycles. The first kappa shape index (κ1) is 103. The molecule has 0 aromatic rings. The van der Waals surface area contributed by atoms with Crippen molar-refractivity contribution in [3.05, 3.63) is 0 Å². The van der Waals surface area contributed by atoms with E-state index in [1.165, 1.54) is 140 Å². The fourth-order valence-electron chi connectivity index (χ4n) is 10.3. The van der Waals surface area contributed by atoms with E-state index in [2.05, 4.69) is 63.4 Å². The molecule has 0 saturated heterocycles. The summed E-state index contributed by atoms with van der Waals surface area (Å²) in [4.78, 5) is 150. The van der Waals surface area contributed by atoms with Gasteiger partial charge in [-0.3, -0.25) is 62.0 Å². The van der Waals surface area contributed by atoms with Gasteiger partial charge in [0.25, 0.3) is 0 Å². The Morgan fingerprint density at radius 3 is 1.25 bits per heavy atom. The number of nitrogens with zero attached hydrogens (tertiary/aromatic N) is 1. The summed E-state index contributed by atoms with van der Waals surface area (Å²) in [5, 5.41) is 27.6. The van der Waals surface area contributed by atoms with Gasteiger partial charge in [0.15, 0.2) is 6.10 Å². The Morgan fingerprint density at radius 2 is 0.826 bits per heavy atom. The van der Waals surface area contributed by atoms with Crippen LogP contribution in [0.5, 0.6) is 0 Å². The van der Waals surface area contributed by atoms with E-state index in [1.807, 2.05) is 0 Å². The van der Waals surface area contributed by atoms with Crippen molar-refractivity contribution in [1.29, 1.82) is 0 Å². The van der Waals surface area contributed by atoms with Crippen LogP contribution in [-0.2, 0) is 109 Å². The van der Waals surface area contributed by atoms with Crippen molar-refractivity contribution in [2.75, 3.05) is 126 Å². The van der Waals surface area contributed by atoms with Gasteiger partial charge in [-0.05, 0) is 92.2 Å². The zero-order valence-corrected chi connectivity index (χ0v) is 69.2. The maximum Gasteiger partial charge on any atom is 0.472 e. The number of phosphoric ester groups is 1. The van der Waals surface area contributed by atoms with Gasteiger partial charge in [-0.2, -0.15) is 12.6 Å². The molecule has 0 fully saturated rings. The van der Waals surface area contributed by atoms with Gasteiger partial charge in [-0.1, -0.05) is 142 Å². The Morgan fingerprint density at radius 1 is 0.450 bits per heavy atom. The van der Waals surface area contributed by atoms with Crippen molar-refractivity contribution in [3.8, 4) is 0 Å². The third kappa shape index (κ3) is 56.3. The molecule has 0 saturated carbocycles. The fourth-order valence-corrected chi connectivity index (χ4v) is 11.2. The summed E-state index contributed by atoms with van der Waals surface area (Å²) in [5.74, 6) is -8.75. The molecule has 109 heavy (non-hydrogen) atoms. The minimum Gasteiger partial charge on any atom is -0.862 e. The molecule has 6 amide bonds. The predicted octanol–water partition coefficient (Wildman–Crippen LogP) is 7.22. The highest BCUT2D eigenvalue weighted by Crippen LogP contribution is 2.43. The molecular formula is C75H137N7O25PS-. The molecule has 34 heteroatoms. The first-order valence-electron chi connectivity index (χ1n) is 39.2. The second-order valence-electron chi connectivity index (χ2n) is 28.2. The Balaban J connectivity index is 6.17. The number of hydrogen-bond donors (Lipinski definition) is 8. The number of methoxy groups -OCH3 is 2. The molecule has 0 bridgehead atoms. The van der Waals surface area contributed by atoms with E-state index < -0.39 is 153 Å². The molecule has 0 heterocycles. The van der Waals surface area contributed by atoms with Gasteiger partial charge in [0.05, 0.1) is 79.3 Å². The molecule has 32 nitrogen and oxygen atoms in total. The number of phosphoric acid groups is 1. The minimum absolute atomic E-state index is 0.00557. The van der Waals surface area contributed by atoms with Gasteiger partial charge in [0, 0.05) is 46.4 Å². The van der Waals surface area contributed by atoms with Crippen LogP contribution in [0.4, 0.5) is 0 Å². The van der Waals surface area contributed by atoms with Gasteiger partial charge in [-0.15, -0.1) is 0 Å². The Labute approximate surface area is 653 Å². The maximum atomic E-state index is 14.3. The topological polar surface area (TPSA) is 426 Å². The molecule has 1 unspecified atom stereocenters. The SMILES string of the molecule is CCCCCCCCCCCCCC(=O)OC[C@H](COP(=O)(O)OCCNC(=O)[C@H](C)NC(=O)C(C)(C)NC(=O)[C@H](CCC(=O)OCCOCCOCCOC)NC(=O)C(C)(C)NC(=O)[C@H](CCC(=O)OCCOCCOCCOC)NC(=O)C(C)(C)N=C([O-])CCS)OC(=O)CCCCCCCCCCCCC. The van der Waals surface area contributed by atoms with Crippen LogP contribution < -0.4 is 37.0 Å². The normalized spacial score (nSPS) is 13.6. The first-order chi connectivity index (χ1) is 51.9. The van der Waals surface area contributed by atoms with Gasteiger partial charge < -0.3 is 89.3 Å². The van der Waals surface area contributed by atoms with Crippen molar-refractivity contribution in [2.24, 2.45) is 4.99 Å². The zero-order chi connectivity index (χ0) is 81.6. The molecule has 0 radical (unpaired) electrons. The third-order valence-corrected chi connectivity index (χ3v) is 18.1. The van der Waals surface area contributed by atoms with E-state index in [1.54, 1.807) is 0 Å². The number of unbranched alkanes of at least 4 members (excludes halogenated alkanes) is 20. The number of thiol groups is 1. The van der Waals surface area contributed by atoms with Crippen molar-refractivity contribution in [3.63, 3.8) is 0 Å². The van der Waals surface area contributed by atoms with E-state index in [9.17, 15) is 62.5 Å². The number of carbonyl (C=O) groups is 10. The standard InChI is InChI=1S/C75H138N7O25PS/c1-12-14-16-18-20-22-24-26-28-30-32-34-63(84)104-56-59(107-66(87)35-33-31-29-27-25-23-21-19-17-15-13-2)57-106-108(94,95)105-42-41-76-67(88)58(3)77-70(91)74(6,7)81-68(89)61(37-39-65(86)103-54-52-101-50-48-99-46-44-97-11)79-72(93)75(8,9)82-69(90)60(78-71(92)73(4,5)80-62(83)40-55-109)36-38-64(85)102-53-51-100-49-47-98-45-43-96-10/h58-61,109H,12-57H2,1-11H3,(H,76,88)(H,77,91)(H,78,92)(H,79,93)(H,80,83)(H,81,89)(H,82,90)(H,94,95)/p-1/t58-,59+,60-,61-/m0/s1. The van der Waals surface area contributed by atoms with Crippen molar-refractivity contribution in [1.82, 2.24) is 31.9 Å². The highest BCUT2D eigenvalue weighted by atomic mass is 32.1. The van der Waals surface area contributed by atoms with Crippen LogP contribution >= 0.6 is 20.5 Å². The Hall–Kier alpha value is -5.61. The lowest BCUT2D eigenvalue weighted by Crippen LogP contribution is -2.64. The summed E-state index contributed by atoms with van der Waals surface area (Å²) < 4.78 is 76.4. The summed E-state index contributed by atoms with van der Waals surface area (Å²) in [7, 11) is -1.81. The lowest BCUT2D eigenvalue weighted by atomic mass is 9.99. The number of esters is 4. The number of rotatable bonds is 72.